The zero-order valence-corrected chi connectivity index (χ0v) is 12.4. The summed E-state index contributed by atoms with van der Waals surface area (Å²) in [7, 11) is 0. The number of halogens is 1. The number of amides is 1. The zero-order chi connectivity index (χ0) is 13.1. The van der Waals surface area contributed by atoms with E-state index in [9.17, 15) is 4.79 Å². The van der Waals surface area contributed by atoms with Crippen LogP contribution in [0, 0.1) is 0 Å². The molecule has 2 atom stereocenters. The van der Waals surface area contributed by atoms with E-state index in [2.05, 4.69) is 12.2 Å². The van der Waals surface area contributed by atoms with Gasteiger partial charge in [0.05, 0.1) is 16.4 Å². The molecular formula is C13H19ClN2OS. The molecule has 0 aromatic carbocycles. The minimum absolute atomic E-state index is 0.0124. The molecule has 0 bridgehead atoms. The second kappa shape index (κ2) is 6.04. The SMILES string of the molecule is CCNC1CCCN(C(C)c2ccc(Cl)s2)C1=O. The van der Waals surface area contributed by atoms with Crippen LogP contribution in [0.25, 0.3) is 0 Å². The molecule has 0 aliphatic carbocycles. The molecule has 1 aromatic rings. The number of nitrogens with zero attached hydrogens (tertiary/aromatic N) is 1. The van der Waals surface area contributed by atoms with Crippen LogP contribution in [0.15, 0.2) is 12.1 Å². The Hall–Kier alpha value is -0.580. The van der Waals surface area contributed by atoms with E-state index >= 15 is 0 Å². The molecule has 1 aliphatic rings. The van der Waals surface area contributed by atoms with Crippen LogP contribution in [-0.4, -0.2) is 29.9 Å². The summed E-state index contributed by atoms with van der Waals surface area (Å²) in [5, 5.41) is 3.26. The van der Waals surface area contributed by atoms with E-state index in [0.29, 0.717) is 0 Å². The Morgan fingerprint density at radius 3 is 3.00 bits per heavy atom. The Kier molecular flexibility index (Phi) is 4.65. The van der Waals surface area contributed by atoms with Gasteiger partial charge < -0.3 is 10.2 Å². The molecule has 5 heteroatoms. The van der Waals surface area contributed by atoms with Crippen LogP contribution in [0.2, 0.25) is 4.34 Å². The van der Waals surface area contributed by atoms with Crippen LogP contribution in [-0.2, 0) is 4.79 Å². The molecule has 0 radical (unpaired) electrons. The Bertz CT molecular complexity index is 419. The number of piperidine rings is 1. The first kappa shape index (κ1) is 13.8. The highest BCUT2D eigenvalue weighted by Gasteiger charge is 2.31. The summed E-state index contributed by atoms with van der Waals surface area (Å²) in [6, 6.07) is 4.02. The summed E-state index contributed by atoms with van der Waals surface area (Å²) in [4.78, 5) is 15.5. The monoisotopic (exact) mass is 286 g/mol. The maximum atomic E-state index is 12.4. The number of carbonyl (C=O) groups is 1. The third-order valence-electron chi connectivity index (χ3n) is 3.40. The average molecular weight is 287 g/mol. The van der Waals surface area contributed by atoms with Crippen LogP contribution < -0.4 is 5.32 Å². The maximum absolute atomic E-state index is 12.4. The largest absolute Gasteiger partial charge is 0.334 e. The number of nitrogens with one attached hydrogen (secondary N) is 1. The molecule has 1 fully saturated rings. The summed E-state index contributed by atoms with van der Waals surface area (Å²) in [6.45, 7) is 5.80. The first-order chi connectivity index (χ1) is 8.63. The lowest BCUT2D eigenvalue weighted by Crippen LogP contribution is -2.51. The summed E-state index contributed by atoms with van der Waals surface area (Å²) < 4.78 is 0.782. The minimum Gasteiger partial charge on any atom is -0.334 e. The molecule has 2 rings (SSSR count). The zero-order valence-electron chi connectivity index (χ0n) is 10.8. The van der Waals surface area contributed by atoms with Crippen molar-refractivity contribution in [2.24, 2.45) is 0 Å². The van der Waals surface area contributed by atoms with Crippen molar-refractivity contribution in [1.29, 1.82) is 0 Å². The molecule has 0 saturated carbocycles. The molecule has 3 nitrogen and oxygen atoms in total. The molecule has 2 unspecified atom stereocenters. The summed E-state index contributed by atoms with van der Waals surface area (Å²) >= 11 is 7.52. The maximum Gasteiger partial charge on any atom is 0.240 e. The van der Waals surface area contributed by atoms with Gasteiger partial charge in [-0.2, -0.15) is 0 Å². The number of hydrogen-bond donors (Lipinski definition) is 1. The predicted octanol–water partition coefficient (Wildman–Crippen LogP) is 3.06. The van der Waals surface area contributed by atoms with Crippen molar-refractivity contribution in [2.75, 3.05) is 13.1 Å². The molecule has 1 aromatic heterocycles. The van der Waals surface area contributed by atoms with E-state index in [1.807, 2.05) is 24.0 Å². The molecule has 1 aliphatic heterocycles. The van der Waals surface area contributed by atoms with Crippen molar-refractivity contribution in [1.82, 2.24) is 10.2 Å². The lowest BCUT2D eigenvalue weighted by atomic mass is 10.0. The van der Waals surface area contributed by atoms with Gasteiger partial charge in [-0.3, -0.25) is 4.79 Å². The number of rotatable bonds is 4. The Labute approximate surface area is 117 Å². The second-order valence-electron chi connectivity index (χ2n) is 4.60. The van der Waals surface area contributed by atoms with E-state index in [0.717, 1.165) is 35.1 Å². The van der Waals surface area contributed by atoms with Gasteiger partial charge in [0.2, 0.25) is 5.91 Å². The lowest BCUT2D eigenvalue weighted by molar-refractivity contribution is -0.138. The number of likely N-dealkylation sites (N-methyl/N-ethyl adjacent to an activating group) is 1. The fraction of sp³-hybridized carbons (Fsp3) is 0.615. The molecule has 0 spiro atoms. The van der Waals surface area contributed by atoms with Gasteiger partial charge in [0.1, 0.15) is 0 Å². The first-order valence-corrected chi connectivity index (χ1v) is 7.62. The average Bonchev–Trinajstić information content (AvgIpc) is 2.78. The van der Waals surface area contributed by atoms with Gasteiger partial charge in [0.25, 0.3) is 0 Å². The number of thiophene rings is 1. The minimum atomic E-state index is -0.0124. The number of likely N-dealkylation sites (tertiary alicyclic amines) is 1. The predicted molar refractivity (Wildman–Crippen MR) is 76.2 cm³/mol. The van der Waals surface area contributed by atoms with Crippen molar-refractivity contribution in [2.45, 2.75) is 38.8 Å². The topological polar surface area (TPSA) is 32.3 Å². The Morgan fingerprint density at radius 2 is 2.39 bits per heavy atom. The highest BCUT2D eigenvalue weighted by molar-refractivity contribution is 7.16. The van der Waals surface area contributed by atoms with E-state index in [-0.39, 0.29) is 18.0 Å². The van der Waals surface area contributed by atoms with E-state index < -0.39 is 0 Å². The fourth-order valence-electron chi connectivity index (χ4n) is 2.43. The third kappa shape index (κ3) is 2.87. The lowest BCUT2D eigenvalue weighted by Gasteiger charge is -2.36. The fourth-order valence-corrected chi connectivity index (χ4v) is 3.55. The number of hydrogen-bond acceptors (Lipinski definition) is 3. The summed E-state index contributed by atoms with van der Waals surface area (Å²) in [5.74, 6) is 0.222. The van der Waals surface area contributed by atoms with Gasteiger partial charge in [0, 0.05) is 11.4 Å². The van der Waals surface area contributed by atoms with Gasteiger partial charge in [-0.25, -0.2) is 0 Å². The van der Waals surface area contributed by atoms with Crippen molar-refractivity contribution >= 4 is 28.8 Å². The van der Waals surface area contributed by atoms with Gasteiger partial charge in [-0.15, -0.1) is 11.3 Å². The molecule has 1 saturated heterocycles. The van der Waals surface area contributed by atoms with Crippen molar-refractivity contribution < 1.29 is 4.79 Å². The van der Waals surface area contributed by atoms with Crippen LogP contribution in [0.4, 0.5) is 0 Å². The molecule has 1 amide bonds. The molecular weight excluding hydrogens is 268 g/mol. The molecule has 100 valence electrons. The first-order valence-electron chi connectivity index (χ1n) is 6.42. The number of carbonyl (C=O) groups excluding carboxylic acids is 1. The van der Waals surface area contributed by atoms with Crippen LogP contribution in [0.1, 0.15) is 37.6 Å². The van der Waals surface area contributed by atoms with Crippen LogP contribution >= 0.6 is 22.9 Å². The van der Waals surface area contributed by atoms with Crippen molar-refractivity contribution in [3.63, 3.8) is 0 Å². The van der Waals surface area contributed by atoms with Gasteiger partial charge in [-0.05, 0) is 38.4 Å². The van der Waals surface area contributed by atoms with Gasteiger partial charge >= 0.3 is 0 Å². The van der Waals surface area contributed by atoms with Crippen LogP contribution in [0.3, 0.4) is 0 Å². The molecule has 2 heterocycles. The van der Waals surface area contributed by atoms with Gasteiger partial charge in [-0.1, -0.05) is 18.5 Å². The Morgan fingerprint density at radius 1 is 1.61 bits per heavy atom. The second-order valence-corrected chi connectivity index (χ2v) is 6.35. The van der Waals surface area contributed by atoms with Crippen molar-refractivity contribution in [3.05, 3.63) is 21.3 Å². The van der Waals surface area contributed by atoms with E-state index in [1.54, 1.807) is 11.3 Å². The summed E-state index contributed by atoms with van der Waals surface area (Å²) in [5.41, 5.74) is 0. The van der Waals surface area contributed by atoms with Gasteiger partial charge in [0.15, 0.2) is 0 Å². The molecule has 18 heavy (non-hydrogen) atoms. The smallest absolute Gasteiger partial charge is 0.240 e. The van der Waals surface area contributed by atoms with E-state index in [1.165, 1.54) is 0 Å². The molecule has 1 N–H and O–H groups in total. The normalized spacial score (nSPS) is 22.3. The highest BCUT2D eigenvalue weighted by atomic mass is 35.5. The standard InChI is InChI=1S/C13H19ClN2OS/c1-3-15-10-5-4-8-16(13(10)17)9(2)11-6-7-12(14)18-11/h6-7,9-10,15H,3-5,8H2,1-2H3. The van der Waals surface area contributed by atoms with Crippen LogP contribution in [0.5, 0.6) is 0 Å². The quantitative estimate of drug-likeness (QED) is 0.923. The summed E-state index contributed by atoms with van der Waals surface area (Å²) in [6.07, 6.45) is 2.01. The Balaban J connectivity index is 2.09. The third-order valence-corrected chi connectivity index (χ3v) is 4.80. The van der Waals surface area contributed by atoms with E-state index in [4.69, 9.17) is 11.6 Å². The van der Waals surface area contributed by atoms with Crippen molar-refractivity contribution in [3.8, 4) is 0 Å². The highest BCUT2D eigenvalue weighted by Crippen LogP contribution is 2.32.